The van der Waals surface area contributed by atoms with Crippen LogP contribution in [0.25, 0.3) is 0 Å². The van der Waals surface area contributed by atoms with Crippen molar-refractivity contribution in [3.63, 3.8) is 0 Å². The normalized spacial score (nSPS) is 22.6. The van der Waals surface area contributed by atoms with Gasteiger partial charge in [0, 0.05) is 12.5 Å². The molecule has 0 heterocycles. The van der Waals surface area contributed by atoms with E-state index >= 15 is 0 Å². The SMILES string of the molecule is CCN(CC)C(CNC(=O)C1CC1C)c1ccccc1. The summed E-state index contributed by atoms with van der Waals surface area (Å²) in [5.74, 6) is 1.05. The van der Waals surface area contributed by atoms with E-state index in [4.69, 9.17) is 0 Å². The number of hydrogen-bond acceptors (Lipinski definition) is 2. The molecule has 1 aromatic carbocycles. The van der Waals surface area contributed by atoms with Gasteiger partial charge in [-0.15, -0.1) is 0 Å². The van der Waals surface area contributed by atoms with Gasteiger partial charge < -0.3 is 5.32 Å². The van der Waals surface area contributed by atoms with Crippen LogP contribution in [0.4, 0.5) is 0 Å². The third-order valence-electron chi connectivity index (χ3n) is 4.35. The zero-order chi connectivity index (χ0) is 14.5. The summed E-state index contributed by atoms with van der Waals surface area (Å²) in [7, 11) is 0. The Hall–Kier alpha value is -1.35. The molecule has 0 saturated heterocycles. The van der Waals surface area contributed by atoms with Crippen molar-refractivity contribution in [3.8, 4) is 0 Å². The first-order valence-corrected chi connectivity index (χ1v) is 7.74. The highest BCUT2D eigenvalue weighted by atomic mass is 16.2. The summed E-state index contributed by atoms with van der Waals surface area (Å²) in [5.41, 5.74) is 1.28. The molecule has 0 radical (unpaired) electrons. The molecule has 3 nitrogen and oxygen atoms in total. The van der Waals surface area contributed by atoms with Crippen molar-refractivity contribution in [1.29, 1.82) is 0 Å². The average molecular weight is 274 g/mol. The fourth-order valence-corrected chi connectivity index (χ4v) is 2.81. The number of carbonyl (C=O) groups is 1. The Kier molecular flexibility index (Phi) is 5.18. The van der Waals surface area contributed by atoms with Crippen LogP contribution in [0.3, 0.4) is 0 Å². The standard InChI is InChI=1S/C17H26N2O/c1-4-19(5-2)16(14-9-7-6-8-10-14)12-18-17(20)15-11-13(15)3/h6-10,13,15-16H,4-5,11-12H2,1-3H3,(H,18,20). The molecule has 1 aliphatic carbocycles. The topological polar surface area (TPSA) is 32.3 Å². The van der Waals surface area contributed by atoms with Gasteiger partial charge in [-0.3, -0.25) is 9.69 Å². The minimum atomic E-state index is 0.227. The minimum Gasteiger partial charge on any atom is -0.354 e. The lowest BCUT2D eigenvalue weighted by atomic mass is 10.0. The van der Waals surface area contributed by atoms with Gasteiger partial charge in [-0.05, 0) is 31.0 Å². The van der Waals surface area contributed by atoms with E-state index in [1.54, 1.807) is 0 Å². The molecule has 2 rings (SSSR count). The largest absolute Gasteiger partial charge is 0.354 e. The summed E-state index contributed by atoms with van der Waals surface area (Å²) in [6.07, 6.45) is 1.05. The van der Waals surface area contributed by atoms with Gasteiger partial charge in [0.15, 0.2) is 0 Å². The highest BCUT2D eigenvalue weighted by Crippen LogP contribution is 2.37. The molecule has 0 bridgehead atoms. The van der Waals surface area contributed by atoms with Crippen molar-refractivity contribution in [3.05, 3.63) is 35.9 Å². The Morgan fingerprint density at radius 3 is 2.40 bits per heavy atom. The predicted octanol–water partition coefficient (Wildman–Crippen LogP) is 2.84. The van der Waals surface area contributed by atoms with Crippen LogP contribution in [0.1, 0.15) is 38.8 Å². The quantitative estimate of drug-likeness (QED) is 0.829. The van der Waals surface area contributed by atoms with Crippen molar-refractivity contribution in [2.24, 2.45) is 11.8 Å². The first-order valence-electron chi connectivity index (χ1n) is 7.74. The summed E-state index contributed by atoms with van der Waals surface area (Å²) in [6, 6.07) is 10.7. The molecular weight excluding hydrogens is 248 g/mol. The maximum Gasteiger partial charge on any atom is 0.223 e. The molecule has 0 aromatic heterocycles. The molecule has 1 N–H and O–H groups in total. The van der Waals surface area contributed by atoms with Crippen molar-refractivity contribution >= 4 is 5.91 Å². The van der Waals surface area contributed by atoms with Gasteiger partial charge in [0.05, 0.1) is 6.04 Å². The Morgan fingerprint density at radius 2 is 1.90 bits per heavy atom. The molecule has 0 spiro atoms. The van der Waals surface area contributed by atoms with Crippen LogP contribution in [0.15, 0.2) is 30.3 Å². The zero-order valence-corrected chi connectivity index (χ0v) is 12.8. The molecule has 1 aromatic rings. The van der Waals surface area contributed by atoms with Crippen LogP contribution in [-0.2, 0) is 4.79 Å². The Morgan fingerprint density at radius 1 is 1.30 bits per heavy atom. The lowest BCUT2D eigenvalue weighted by Gasteiger charge is -2.30. The summed E-state index contributed by atoms with van der Waals surface area (Å²) in [6.45, 7) is 9.17. The number of likely N-dealkylation sites (N-methyl/N-ethyl adjacent to an activating group) is 1. The number of carbonyl (C=O) groups excluding carboxylic acids is 1. The van der Waals surface area contributed by atoms with E-state index in [1.807, 2.05) is 6.07 Å². The average Bonchev–Trinajstić information content (AvgIpc) is 3.21. The number of nitrogens with zero attached hydrogens (tertiary/aromatic N) is 1. The first-order chi connectivity index (χ1) is 9.67. The molecule has 3 atom stereocenters. The number of rotatable bonds is 7. The van der Waals surface area contributed by atoms with Crippen LogP contribution in [0, 0.1) is 11.8 Å². The molecule has 1 aliphatic rings. The summed E-state index contributed by atoms with van der Waals surface area (Å²) >= 11 is 0. The van der Waals surface area contributed by atoms with E-state index in [1.165, 1.54) is 5.56 Å². The number of nitrogens with one attached hydrogen (secondary N) is 1. The molecule has 20 heavy (non-hydrogen) atoms. The van der Waals surface area contributed by atoms with E-state index in [0.717, 1.165) is 19.5 Å². The summed E-state index contributed by atoms with van der Waals surface area (Å²) in [4.78, 5) is 14.4. The first kappa shape index (κ1) is 15.0. The minimum absolute atomic E-state index is 0.227. The molecular formula is C17H26N2O. The fraction of sp³-hybridized carbons (Fsp3) is 0.588. The Labute approximate surface area is 122 Å². The van der Waals surface area contributed by atoms with Gasteiger partial charge in [0.25, 0.3) is 0 Å². The Bertz CT molecular complexity index is 428. The van der Waals surface area contributed by atoms with Gasteiger partial charge >= 0.3 is 0 Å². The maximum atomic E-state index is 12.0. The van der Waals surface area contributed by atoms with Crippen molar-refractivity contribution in [2.75, 3.05) is 19.6 Å². The monoisotopic (exact) mass is 274 g/mol. The third-order valence-corrected chi connectivity index (χ3v) is 4.35. The lowest BCUT2D eigenvalue weighted by Crippen LogP contribution is -2.38. The third kappa shape index (κ3) is 3.60. The molecule has 3 unspecified atom stereocenters. The molecule has 0 aliphatic heterocycles. The van der Waals surface area contributed by atoms with E-state index in [2.05, 4.69) is 55.3 Å². The predicted molar refractivity (Wildman–Crippen MR) is 82.4 cm³/mol. The van der Waals surface area contributed by atoms with Crippen molar-refractivity contribution in [1.82, 2.24) is 10.2 Å². The highest BCUT2D eigenvalue weighted by molar-refractivity contribution is 5.81. The summed E-state index contributed by atoms with van der Waals surface area (Å²) < 4.78 is 0. The van der Waals surface area contributed by atoms with Crippen LogP contribution in [0.5, 0.6) is 0 Å². The van der Waals surface area contributed by atoms with E-state index in [-0.39, 0.29) is 17.9 Å². The molecule has 3 heteroatoms. The number of amides is 1. The smallest absolute Gasteiger partial charge is 0.223 e. The van der Waals surface area contributed by atoms with Gasteiger partial charge in [-0.25, -0.2) is 0 Å². The zero-order valence-electron chi connectivity index (χ0n) is 12.8. The number of hydrogen-bond donors (Lipinski definition) is 1. The Balaban J connectivity index is 2.01. The summed E-state index contributed by atoms with van der Waals surface area (Å²) in [5, 5.41) is 3.14. The van der Waals surface area contributed by atoms with Crippen molar-refractivity contribution in [2.45, 2.75) is 33.2 Å². The lowest BCUT2D eigenvalue weighted by molar-refractivity contribution is -0.122. The van der Waals surface area contributed by atoms with Gasteiger partial charge in [-0.1, -0.05) is 51.1 Å². The van der Waals surface area contributed by atoms with Crippen LogP contribution in [-0.4, -0.2) is 30.4 Å². The van der Waals surface area contributed by atoms with E-state index in [9.17, 15) is 4.79 Å². The molecule has 1 amide bonds. The van der Waals surface area contributed by atoms with Gasteiger partial charge in [0.1, 0.15) is 0 Å². The molecule has 1 fully saturated rings. The second kappa shape index (κ2) is 6.89. The van der Waals surface area contributed by atoms with E-state index in [0.29, 0.717) is 12.5 Å². The second-order valence-corrected chi connectivity index (χ2v) is 5.71. The second-order valence-electron chi connectivity index (χ2n) is 5.71. The van der Waals surface area contributed by atoms with Gasteiger partial charge in [0.2, 0.25) is 5.91 Å². The molecule has 110 valence electrons. The van der Waals surface area contributed by atoms with Crippen molar-refractivity contribution < 1.29 is 4.79 Å². The van der Waals surface area contributed by atoms with Gasteiger partial charge in [-0.2, -0.15) is 0 Å². The number of benzene rings is 1. The maximum absolute atomic E-state index is 12.0. The van der Waals surface area contributed by atoms with Crippen LogP contribution in [0.2, 0.25) is 0 Å². The highest BCUT2D eigenvalue weighted by Gasteiger charge is 2.39. The molecule has 1 saturated carbocycles. The van der Waals surface area contributed by atoms with E-state index < -0.39 is 0 Å². The van der Waals surface area contributed by atoms with Crippen LogP contribution < -0.4 is 5.32 Å². The fourth-order valence-electron chi connectivity index (χ4n) is 2.81. The van der Waals surface area contributed by atoms with Crippen LogP contribution >= 0.6 is 0 Å².